The summed E-state index contributed by atoms with van der Waals surface area (Å²) in [5.41, 5.74) is 6.81. The van der Waals surface area contributed by atoms with Crippen molar-refractivity contribution in [3.05, 3.63) is 17.7 Å². The second kappa shape index (κ2) is 4.66. The van der Waals surface area contributed by atoms with Crippen molar-refractivity contribution < 1.29 is 13.5 Å². The molecule has 1 aromatic carbocycles. The summed E-state index contributed by atoms with van der Waals surface area (Å²) >= 11 is 0. The van der Waals surface area contributed by atoms with Crippen LogP contribution in [0.15, 0.2) is 17.0 Å². The van der Waals surface area contributed by atoms with Crippen LogP contribution >= 0.6 is 0 Å². The van der Waals surface area contributed by atoms with Gasteiger partial charge in [0, 0.05) is 11.4 Å². The molecule has 0 aromatic heterocycles. The predicted molar refractivity (Wildman–Crippen MR) is 74.3 cm³/mol. The van der Waals surface area contributed by atoms with Crippen LogP contribution in [0.3, 0.4) is 0 Å². The number of primary sulfonamides is 1. The largest absolute Gasteiger partial charge is 0.399 e. The first-order valence-corrected chi connectivity index (χ1v) is 7.64. The third-order valence-corrected chi connectivity index (χ3v) is 4.74. The van der Waals surface area contributed by atoms with Crippen LogP contribution in [-0.4, -0.2) is 25.7 Å². The monoisotopic (exact) mass is 285 g/mol. The van der Waals surface area contributed by atoms with Gasteiger partial charge in [0.25, 0.3) is 0 Å². The van der Waals surface area contributed by atoms with E-state index in [9.17, 15) is 13.5 Å². The Balaban J connectivity index is 2.44. The fraction of sp³-hybridized carbons (Fsp3) is 0.500. The Labute approximate surface area is 112 Å². The molecule has 0 aliphatic heterocycles. The summed E-state index contributed by atoms with van der Waals surface area (Å²) in [4.78, 5) is 0.0161. The summed E-state index contributed by atoms with van der Waals surface area (Å²) in [5, 5.41) is 17.8. The molecular weight excluding hydrogens is 266 g/mol. The fourth-order valence-corrected chi connectivity index (χ4v) is 3.18. The lowest BCUT2D eigenvalue weighted by Crippen LogP contribution is -2.48. The molecule has 0 unspecified atom stereocenters. The number of rotatable bonds is 4. The highest BCUT2D eigenvalue weighted by atomic mass is 32.2. The van der Waals surface area contributed by atoms with Gasteiger partial charge in [-0.05, 0) is 43.9 Å². The number of hydrogen-bond acceptors (Lipinski definition) is 5. The molecular formula is C12H19N3O3S. The van der Waals surface area contributed by atoms with Gasteiger partial charge in [0.2, 0.25) is 10.0 Å². The third-order valence-electron chi connectivity index (χ3n) is 3.70. The lowest BCUT2D eigenvalue weighted by molar-refractivity contribution is 0.144. The minimum atomic E-state index is -3.81. The number of aliphatic hydroxyl groups is 1. The van der Waals surface area contributed by atoms with E-state index < -0.39 is 10.0 Å². The zero-order valence-corrected chi connectivity index (χ0v) is 11.6. The first-order chi connectivity index (χ1) is 8.77. The normalized spacial score (nSPS) is 17.8. The van der Waals surface area contributed by atoms with Gasteiger partial charge in [0.05, 0.1) is 17.0 Å². The van der Waals surface area contributed by atoms with Gasteiger partial charge in [-0.25, -0.2) is 13.6 Å². The lowest BCUT2D eigenvalue weighted by Gasteiger charge is -2.42. The molecule has 0 saturated heterocycles. The van der Waals surface area contributed by atoms with Gasteiger partial charge in [0.1, 0.15) is 0 Å². The second-order valence-corrected chi connectivity index (χ2v) is 6.68. The molecule has 1 aromatic rings. The van der Waals surface area contributed by atoms with E-state index in [1.807, 2.05) is 0 Å². The van der Waals surface area contributed by atoms with Gasteiger partial charge in [0.15, 0.2) is 0 Å². The number of nitrogens with two attached hydrogens (primary N) is 2. The molecule has 0 amide bonds. The van der Waals surface area contributed by atoms with Crippen LogP contribution in [0.1, 0.15) is 24.8 Å². The number of nitrogen functional groups attached to an aromatic ring is 1. The van der Waals surface area contributed by atoms with E-state index in [-0.39, 0.29) is 17.0 Å². The molecule has 0 bridgehead atoms. The molecule has 1 saturated carbocycles. The van der Waals surface area contributed by atoms with E-state index in [0.717, 1.165) is 19.3 Å². The summed E-state index contributed by atoms with van der Waals surface area (Å²) < 4.78 is 23.0. The number of aliphatic hydroxyl groups excluding tert-OH is 1. The zero-order chi connectivity index (χ0) is 14.3. The summed E-state index contributed by atoms with van der Waals surface area (Å²) in [6.07, 6.45) is 2.74. The van der Waals surface area contributed by atoms with Crippen LogP contribution in [0.25, 0.3) is 0 Å². The van der Waals surface area contributed by atoms with E-state index in [0.29, 0.717) is 16.9 Å². The molecule has 0 radical (unpaired) electrons. The van der Waals surface area contributed by atoms with Crippen LogP contribution < -0.4 is 16.2 Å². The summed E-state index contributed by atoms with van der Waals surface area (Å²) in [6, 6.07) is 3.02. The average Bonchev–Trinajstić information content (AvgIpc) is 2.26. The van der Waals surface area contributed by atoms with Gasteiger partial charge < -0.3 is 16.2 Å². The first-order valence-electron chi connectivity index (χ1n) is 6.09. The zero-order valence-electron chi connectivity index (χ0n) is 10.8. The predicted octanol–water partition coefficient (Wildman–Crippen LogP) is 0.552. The Morgan fingerprint density at radius 1 is 1.42 bits per heavy atom. The highest BCUT2D eigenvalue weighted by Crippen LogP contribution is 2.37. The maximum Gasteiger partial charge on any atom is 0.238 e. The topological polar surface area (TPSA) is 118 Å². The number of nitrogens with one attached hydrogen (secondary N) is 1. The molecule has 7 heteroatoms. The van der Waals surface area contributed by atoms with Gasteiger partial charge in [-0.2, -0.15) is 0 Å². The number of benzene rings is 1. The maximum absolute atomic E-state index is 11.5. The highest BCUT2D eigenvalue weighted by Gasteiger charge is 2.36. The Kier molecular flexibility index (Phi) is 3.46. The van der Waals surface area contributed by atoms with Gasteiger partial charge in [-0.3, -0.25) is 0 Å². The van der Waals surface area contributed by atoms with E-state index >= 15 is 0 Å². The molecule has 1 aliphatic rings. The molecule has 19 heavy (non-hydrogen) atoms. The van der Waals surface area contributed by atoms with E-state index in [1.165, 1.54) is 6.07 Å². The molecule has 0 heterocycles. The third kappa shape index (κ3) is 2.68. The highest BCUT2D eigenvalue weighted by molar-refractivity contribution is 7.89. The Hall–Kier alpha value is -1.31. The molecule has 6 N–H and O–H groups in total. The van der Waals surface area contributed by atoms with Crippen LogP contribution in [-0.2, 0) is 10.0 Å². The average molecular weight is 285 g/mol. The van der Waals surface area contributed by atoms with Crippen molar-refractivity contribution in [2.45, 2.75) is 36.6 Å². The minimum Gasteiger partial charge on any atom is -0.399 e. The van der Waals surface area contributed by atoms with Crippen LogP contribution in [0.2, 0.25) is 0 Å². The Morgan fingerprint density at radius 3 is 2.47 bits per heavy atom. The smallest absolute Gasteiger partial charge is 0.238 e. The quantitative estimate of drug-likeness (QED) is 0.602. The second-order valence-electron chi connectivity index (χ2n) is 5.15. The Bertz CT molecular complexity index is 589. The standard InChI is InChI=1S/C12H19N3O3S/c1-8-10(15-12(7-16)3-2-4-12)5-9(13)6-11(8)19(14,17)18/h5-6,15-16H,2-4,7,13H2,1H3,(H2,14,17,18). The SMILES string of the molecule is Cc1c(NC2(CO)CCC2)cc(N)cc1S(N)(=O)=O. The van der Waals surface area contributed by atoms with Crippen molar-refractivity contribution in [2.24, 2.45) is 5.14 Å². The number of sulfonamides is 1. The minimum absolute atomic E-state index is 0.00590. The molecule has 6 nitrogen and oxygen atoms in total. The van der Waals surface area contributed by atoms with Gasteiger partial charge in [-0.1, -0.05) is 0 Å². The number of anilines is 2. The van der Waals surface area contributed by atoms with Crippen molar-refractivity contribution in [3.63, 3.8) is 0 Å². The van der Waals surface area contributed by atoms with Gasteiger partial charge >= 0.3 is 0 Å². The summed E-state index contributed by atoms with van der Waals surface area (Å²) in [6.45, 7) is 1.68. The van der Waals surface area contributed by atoms with Crippen molar-refractivity contribution >= 4 is 21.4 Å². The van der Waals surface area contributed by atoms with Crippen LogP contribution in [0.4, 0.5) is 11.4 Å². The molecule has 0 atom stereocenters. The molecule has 1 fully saturated rings. The Morgan fingerprint density at radius 2 is 2.05 bits per heavy atom. The van der Waals surface area contributed by atoms with E-state index in [2.05, 4.69) is 5.32 Å². The van der Waals surface area contributed by atoms with Crippen molar-refractivity contribution in [1.82, 2.24) is 0 Å². The van der Waals surface area contributed by atoms with Crippen LogP contribution in [0.5, 0.6) is 0 Å². The van der Waals surface area contributed by atoms with E-state index in [1.54, 1.807) is 13.0 Å². The van der Waals surface area contributed by atoms with Crippen molar-refractivity contribution in [2.75, 3.05) is 17.7 Å². The van der Waals surface area contributed by atoms with Crippen LogP contribution in [0, 0.1) is 6.92 Å². The summed E-state index contributed by atoms with van der Waals surface area (Å²) in [5.74, 6) is 0. The maximum atomic E-state index is 11.5. The molecule has 1 aliphatic carbocycles. The molecule has 0 spiro atoms. The summed E-state index contributed by atoms with van der Waals surface area (Å²) in [7, 11) is -3.81. The number of hydrogen-bond donors (Lipinski definition) is 4. The van der Waals surface area contributed by atoms with Gasteiger partial charge in [-0.15, -0.1) is 0 Å². The molecule has 2 rings (SSSR count). The van der Waals surface area contributed by atoms with E-state index in [4.69, 9.17) is 10.9 Å². The fourth-order valence-electron chi connectivity index (χ4n) is 2.35. The molecule has 106 valence electrons. The van der Waals surface area contributed by atoms with Crippen molar-refractivity contribution in [1.29, 1.82) is 0 Å². The van der Waals surface area contributed by atoms with Crippen molar-refractivity contribution in [3.8, 4) is 0 Å². The lowest BCUT2D eigenvalue weighted by atomic mass is 9.77. The first kappa shape index (κ1) is 14.1.